The molecule has 0 heterocycles. The summed E-state index contributed by atoms with van der Waals surface area (Å²) >= 11 is 10.5. The highest BCUT2D eigenvalue weighted by molar-refractivity contribution is 9.11. The van der Waals surface area contributed by atoms with Crippen molar-refractivity contribution in [2.45, 2.75) is 5.41 Å². The van der Waals surface area contributed by atoms with Crippen LogP contribution in [0.1, 0.15) is 39.6 Å². The van der Waals surface area contributed by atoms with E-state index in [2.05, 4.69) is 187 Å². The fourth-order valence-electron chi connectivity index (χ4n) is 7.08. The minimum Gasteiger partial charge on any atom is -1.00 e. The molecule has 0 unspecified atom stereocenters. The first-order valence-corrected chi connectivity index (χ1v) is 20.0. The molecule has 0 bridgehead atoms. The molecule has 0 atom stereocenters. The van der Waals surface area contributed by atoms with Crippen molar-refractivity contribution in [1.29, 1.82) is 0 Å². The van der Waals surface area contributed by atoms with Crippen molar-refractivity contribution in [2.75, 3.05) is 0 Å². The van der Waals surface area contributed by atoms with Gasteiger partial charge in [0.15, 0.2) is 5.78 Å². The van der Waals surface area contributed by atoms with E-state index < -0.39 is 0 Å². The normalized spacial score (nSPS) is 11.8. The highest BCUT2D eigenvalue weighted by Crippen LogP contribution is 2.55. The zero-order valence-electron chi connectivity index (χ0n) is 30.2. The highest BCUT2D eigenvalue weighted by atomic mass is 79.9. The first kappa shape index (κ1) is 37.2. The van der Waals surface area contributed by atoms with Crippen molar-refractivity contribution < 1.29 is 6.22 Å². The second kappa shape index (κ2) is 17.3. The molecule has 0 radical (unpaired) electrons. The standard InChI is InChI=1S/C25H17Br.C13H9BrO.C12H9Br.H/c26-20-16-14-19(15-17-20)25(18-8-2-1-3-9-18)23-12-6-4-10-21(23)22-11-5-7-13-24(22)25;14-12-8-6-11(7-9-12)13(15)10-4-2-1-3-5-10;13-12-9-5-4-8-11(12)10-6-2-1-3-7-10;/h1-17H;1-9H;1-9H;/q;;;-1/i;;;1+1. The van der Waals surface area contributed by atoms with Crippen LogP contribution in [0.4, 0.5) is 0 Å². The van der Waals surface area contributed by atoms with Crippen molar-refractivity contribution in [3.05, 3.63) is 259 Å². The van der Waals surface area contributed by atoms with Crippen LogP contribution in [-0.2, 0) is 5.41 Å². The summed E-state index contributed by atoms with van der Waals surface area (Å²) in [7, 11) is 0. The van der Waals surface area contributed by atoms with Gasteiger partial charge in [0.2, 0.25) is 0 Å². The Morgan fingerprint density at radius 2 is 0.759 bits per heavy atom. The van der Waals surface area contributed by atoms with Crippen LogP contribution in [0.2, 0.25) is 0 Å². The maximum atomic E-state index is 11.9. The van der Waals surface area contributed by atoms with Crippen LogP contribution in [0, 0.1) is 0 Å². The SMILES string of the molecule is Brc1ccc(C2(c3ccccc3)c3ccccc3-c3ccccc32)cc1.Brc1ccccc1-c1ccccc1.O=C(c1ccccc1)c1ccc(Br)cc1.[2H-]. The lowest BCUT2D eigenvalue weighted by molar-refractivity contribution is 0.103. The molecule has 0 N–H and O–H groups in total. The smallest absolute Gasteiger partial charge is 0.193 e. The Bertz CT molecular complexity index is 2420. The van der Waals surface area contributed by atoms with Gasteiger partial charge in [-0.3, -0.25) is 4.79 Å². The van der Waals surface area contributed by atoms with E-state index in [-0.39, 0.29) is 12.6 Å². The summed E-state index contributed by atoms with van der Waals surface area (Å²) in [6, 6.07) is 72.5. The molecule has 264 valence electrons. The maximum absolute atomic E-state index is 11.9. The molecular formula is C50H36Br3O-. The average Bonchev–Trinajstić information content (AvgIpc) is 3.54. The lowest BCUT2D eigenvalue weighted by atomic mass is 9.68. The maximum Gasteiger partial charge on any atom is 0.193 e. The molecule has 1 nitrogen and oxygen atoms in total. The van der Waals surface area contributed by atoms with Crippen LogP contribution in [0.5, 0.6) is 0 Å². The van der Waals surface area contributed by atoms with Gasteiger partial charge in [-0.2, -0.15) is 0 Å². The van der Waals surface area contributed by atoms with Crippen molar-refractivity contribution in [3.63, 3.8) is 0 Å². The third-order valence-corrected chi connectivity index (χ3v) is 11.3. The van der Waals surface area contributed by atoms with E-state index in [9.17, 15) is 4.79 Å². The number of hydrogen-bond donors (Lipinski definition) is 0. The largest absolute Gasteiger partial charge is 1.00 e. The molecule has 0 saturated carbocycles. The zero-order valence-corrected chi connectivity index (χ0v) is 34.0. The van der Waals surface area contributed by atoms with E-state index in [0.29, 0.717) is 5.56 Å². The lowest BCUT2D eigenvalue weighted by Gasteiger charge is -2.33. The van der Waals surface area contributed by atoms with Crippen LogP contribution in [0.15, 0.2) is 226 Å². The first-order valence-electron chi connectivity index (χ1n) is 17.6. The number of benzene rings is 8. The second-order valence-electron chi connectivity index (χ2n) is 12.8. The zero-order chi connectivity index (χ0) is 37.3. The molecule has 8 aromatic carbocycles. The molecule has 9 rings (SSSR count). The van der Waals surface area contributed by atoms with E-state index in [1.165, 1.54) is 44.5 Å². The van der Waals surface area contributed by atoms with Crippen LogP contribution in [0.25, 0.3) is 22.3 Å². The fourth-order valence-corrected chi connectivity index (χ4v) is 8.12. The number of fused-ring (bicyclic) bond motifs is 3. The van der Waals surface area contributed by atoms with Gasteiger partial charge in [-0.15, -0.1) is 0 Å². The molecule has 0 aromatic heterocycles. The van der Waals surface area contributed by atoms with Crippen LogP contribution >= 0.6 is 47.8 Å². The number of halogens is 3. The van der Waals surface area contributed by atoms with E-state index in [1.807, 2.05) is 72.8 Å². The second-order valence-corrected chi connectivity index (χ2v) is 15.4. The summed E-state index contributed by atoms with van der Waals surface area (Å²) < 4.78 is 3.22. The Labute approximate surface area is 344 Å². The average molecular weight is 894 g/mol. The minimum absolute atomic E-state index is 0. The van der Waals surface area contributed by atoms with Gasteiger partial charge in [-0.1, -0.05) is 218 Å². The first-order chi connectivity index (χ1) is 26.5. The number of carbonyl (C=O) groups excluding carboxylic acids is 1. The van der Waals surface area contributed by atoms with Gasteiger partial charge in [0.1, 0.15) is 0 Å². The van der Waals surface area contributed by atoms with Crippen LogP contribution in [0.3, 0.4) is 0 Å². The molecule has 4 heteroatoms. The summed E-state index contributed by atoms with van der Waals surface area (Å²) in [6.07, 6.45) is 0. The van der Waals surface area contributed by atoms with Crippen LogP contribution < -0.4 is 0 Å². The Morgan fingerprint density at radius 3 is 1.30 bits per heavy atom. The molecule has 54 heavy (non-hydrogen) atoms. The molecule has 1 aliphatic carbocycles. The minimum atomic E-state index is -0.283. The van der Waals surface area contributed by atoms with Crippen molar-refractivity contribution in [1.82, 2.24) is 0 Å². The van der Waals surface area contributed by atoms with E-state index in [0.717, 1.165) is 19.0 Å². The summed E-state index contributed by atoms with van der Waals surface area (Å²) in [4.78, 5) is 11.9. The van der Waals surface area contributed by atoms with E-state index in [4.69, 9.17) is 0 Å². The predicted molar refractivity (Wildman–Crippen MR) is 236 cm³/mol. The number of carbonyl (C=O) groups is 1. The number of rotatable bonds is 5. The lowest BCUT2D eigenvalue weighted by Crippen LogP contribution is -2.28. The monoisotopic (exact) mass is 890 g/mol. The van der Waals surface area contributed by atoms with Crippen molar-refractivity contribution in [3.8, 4) is 22.3 Å². The van der Waals surface area contributed by atoms with Gasteiger partial charge < -0.3 is 1.43 Å². The van der Waals surface area contributed by atoms with Gasteiger partial charge in [0.25, 0.3) is 0 Å². The molecule has 0 fully saturated rings. The molecule has 0 spiro atoms. The third kappa shape index (κ3) is 7.88. The third-order valence-electron chi connectivity index (χ3n) is 9.54. The summed E-state index contributed by atoms with van der Waals surface area (Å²) in [6.45, 7) is 0. The quantitative estimate of drug-likeness (QED) is 0.157. The Kier molecular flexibility index (Phi) is 11.9. The summed E-state index contributed by atoms with van der Waals surface area (Å²) in [5.41, 5.74) is 11.6. The molecule has 1 aliphatic rings. The Hall–Kier alpha value is -5.13. The van der Waals surface area contributed by atoms with Gasteiger partial charge in [0.05, 0.1) is 5.41 Å². The highest BCUT2D eigenvalue weighted by Gasteiger charge is 2.45. The molecule has 0 aliphatic heterocycles. The fraction of sp³-hybridized carbons (Fsp3) is 0.0200. The number of ketones is 1. The molecule has 0 saturated heterocycles. The Balaban J connectivity index is 0.000000152. The number of hydrogen-bond acceptors (Lipinski definition) is 1. The summed E-state index contributed by atoms with van der Waals surface area (Å²) in [5.74, 6) is 0.0584. The molecular weight excluding hydrogens is 856 g/mol. The van der Waals surface area contributed by atoms with Gasteiger partial charge >= 0.3 is 0 Å². The van der Waals surface area contributed by atoms with Gasteiger partial charge in [-0.25, -0.2) is 0 Å². The Morgan fingerprint density at radius 1 is 0.370 bits per heavy atom. The van der Waals surface area contributed by atoms with Crippen molar-refractivity contribution >= 4 is 53.6 Å². The van der Waals surface area contributed by atoms with E-state index in [1.54, 1.807) is 0 Å². The van der Waals surface area contributed by atoms with Crippen molar-refractivity contribution in [2.24, 2.45) is 0 Å². The van der Waals surface area contributed by atoms with Crippen LogP contribution in [-0.4, -0.2) is 5.78 Å². The summed E-state index contributed by atoms with van der Waals surface area (Å²) in [5, 5.41) is 0. The topological polar surface area (TPSA) is 17.1 Å². The van der Waals surface area contributed by atoms with E-state index >= 15 is 0 Å². The molecule has 0 amide bonds. The predicted octanol–water partition coefficient (Wildman–Crippen LogP) is 14.7. The molecule has 8 aromatic rings. The van der Waals surface area contributed by atoms with Gasteiger partial charge in [-0.05, 0) is 87.0 Å². The van der Waals surface area contributed by atoms with Gasteiger partial charge in [0, 0.05) is 24.5 Å².